The predicted octanol–water partition coefficient (Wildman–Crippen LogP) is 5.97. The first-order chi connectivity index (χ1) is 10.5. The Kier molecular flexibility index (Phi) is 2.83. The highest BCUT2D eigenvalue weighted by molar-refractivity contribution is 5.30. The van der Waals surface area contributed by atoms with Crippen molar-refractivity contribution in [1.29, 1.82) is 0 Å². The summed E-state index contributed by atoms with van der Waals surface area (Å²) in [6, 6.07) is 0. The minimum atomic E-state index is 0.755. The highest BCUT2D eigenvalue weighted by Crippen LogP contribution is 2.86. The molecule has 10 atom stereocenters. The maximum atomic E-state index is 2.88. The summed E-state index contributed by atoms with van der Waals surface area (Å²) in [7, 11) is 0. The van der Waals surface area contributed by atoms with Crippen LogP contribution in [0.3, 0.4) is 0 Å². The third-order valence-corrected chi connectivity index (χ3v) is 10.4. The van der Waals surface area contributed by atoms with Crippen LogP contribution in [0.4, 0.5) is 0 Å². The van der Waals surface area contributed by atoms with E-state index in [-0.39, 0.29) is 0 Å². The van der Waals surface area contributed by atoms with Crippen LogP contribution in [0, 0.1) is 64.6 Å². The molecule has 123 valence electrons. The van der Waals surface area contributed by atoms with E-state index < -0.39 is 0 Å². The van der Waals surface area contributed by atoms with Crippen LogP contribution in [0.5, 0.6) is 0 Å². The summed E-state index contributed by atoms with van der Waals surface area (Å²) in [6.45, 7) is 10.4. The van der Waals surface area contributed by atoms with E-state index in [1.165, 1.54) is 12.8 Å². The second-order valence-electron chi connectivity index (χ2n) is 10.2. The fourth-order valence-corrected chi connectivity index (χ4v) is 8.95. The number of hydrogen-bond donors (Lipinski definition) is 0. The van der Waals surface area contributed by atoms with Crippen molar-refractivity contribution in [3.05, 3.63) is 6.42 Å². The van der Waals surface area contributed by atoms with E-state index in [9.17, 15) is 0 Å². The molecule has 2 spiro atoms. The van der Waals surface area contributed by atoms with Gasteiger partial charge in [-0.2, -0.15) is 0 Å². The molecule has 1 radical (unpaired) electrons. The van der Waals surface area contributed by atoms with Crippen molar-refractivity contribution < 1.29 is 0 Å². The lowest BCUT2D eigenvalue weighted by molar-refractivity contribution is -0.0802. The van der Waals surface area contributed by atoms with Crippen molar-refractivity contribution in [3.8, 4) is 0 Å². The van der Waals surface area contributed by atoms with Crippen molar-refractivity contribution >= 4 is 0 Å². The van der Waals surface area contributed by atoms with E-state index >= 15 is 0 Å². The molecule has 10 unspecified atom stereocenters. The molecule has 5 fully saturated rings. The average Bonchev–Trinajstić information content (AvgIpc) is 2.97. The summed E-state index contributed by atoms with van der Waals surface area (Å²) < 4.78 is 0. The van der Waals surface area contributed by atoms with Crippen LogP contribution in [0.25, 0.3) is 0 Å². The summed E-state index contributed by atoms with van der Waals surface area (Å²) in [5.41, 5.74) is 1.52. The van der Waals surface area contributed by atoms with Gasteiger partial charge in [0.2, 0.25) is 0 Å². The van der Waals surface area contributed by atoms with Gasteiger partial charge in [-0.3, -0.25) is 0 Å². The minimum Gasteiger partial charge on any atom is -0.0620 e. The van der Waals surface area contributed by atoms with Gasteiger partial charge in [-0.15, -0.1) is 0 Å². The number of fused-ring (bicyclic) bond motifs is 2. The molecule has 5 aliphatic rings. The fraction of sp³-hybridized carbons (Fsp3) is 0.955. The normalized spacial score (nSPS) is 66.0. The Balaban J connectivity index is 1.55. The highest BCUT2D eigenvalue weighted by Gasteiger charge is 2.79. The molecule has 0 aromatic rings. The SMILES string of the molecule is CC1C(C)C(C)C23CC24CCC2CCCC2C4[CH]CC3C1C. The first-order valence-corrected chi connectivity index (χ1v) is 10.4. The van der Waals surface area contributed by atoms with Crippen molar-refractivity contribution in [2.75, 3.05) is 0 Å². The van der Waals surface area contributed by atoms with Crippen LogP contribution >= 0.6 is 0 Å². The molecule has 0 bridgehead atoms. The largest absolute Gasteiger partial charge is 0.0620 e. The van der Waals surface area contributed by atoms with Crippen LogP contribution in [0.15, 0.2) is 0 Å². The maximum absolute atomic E-state index is 2.88. The smallest absolute Gasteiger partial charge is 0.0173 e. The van der Waals surface area contributed by atoms with Gasteiger partial charge in [0.25, 0.3) is 0 Å². The molecule has 0 aromatic heterocycles. The van der Waals surface area contributed by atoms with E-state index in [1.54, 1.807) is 32.1 Å². The van der Waals surface area contributed by atoms with E-state index in [1.807, 2.05) is 0 Å². The lowest BCUT2D eigenvalue weighted by Crippen LogP contribution is -2.52. The molecule has 22 heavy (non-hydrogen) atoms. The number of hydrogen-bond acceptors (Lipinski definition) is 0. The Hall–Kier alpha value is 0. The van der Waals surface area contributed by atoms with Gasteiger partial charge in [0.1, 0.15) is 0 Å². The zero-order valence-electron chi connectivity index (χ0n) is 15.1. The van der Waals surface area contributed by atoms with Crippen molar-refractivity contribution in [3.63, 3.8) is 0 Å². The van der Waals surface area contributed by atoms with Gasteiger partial charge in [-0.1, -0.05) is 40.5 Å². The van der Waals surface area contributed by atoms with Crippen molar-refractivity contribution in [2.24, 2.45) is 58.2 Å². The fourth-order valence-electron chi connectivity index (χ4n) is 8.95. The monoisotopic (exact) mass is 299 g/mol. The zero-order valence-corrected chi connectivity index (χ0v) is 15.1. The van der Waals surface area contributed by atoms with Crippen molar-refractivity contribution in [2.45, 2.75) is 72.6 Å². The second kappa shape index (κ2) is 4.34. The predicted molar refractivity (Wildman–Crippen MR) is 92.1 cm³/mol. The van der Waals surface area contributed by atoms with E-state index in [2.05, 4.69) is 34.1 Å². The molecule has 5 aliphatic carbocycles. The third kappa shape index (κ3) is 1.39. The molecule has 0 aromatic carbocycles. The quantitative estimate of drug-likeness (QED) is 0.517. The Morgan fingerprint density at radius 2 is 1.73 bits per heavy atom. The molecule has 0 heteroatoms. The van der Waals surface area contributed by atoms with Gasteiger partial charge in [0.05, 0.1) is 0 Å². The van der Waals surface area contributed by atoms with Gasteiger partial charge in [-0.05, 0) is 96.7 Å². The second-order valence-corrected chi connectivity index (χ2v) is 10.2. The Labute approximate surface area is 137 Å². The Morgan fingerprint density at radius 3 is 2.55 bits per heavy atom. The van der Waals surface area contributed by atoms with Crippen LogP contribution in [0.1, 0.15) is 72.6 Å². The summed E-state index contributed by atoms with van der Waals surface area (Å²) in [5.74, 6) is 8.01. The lowest BCUT2D eigenvalue weighted by atomic mass is 9.47. The van der Waals surface area contributed by atoms with Gasteiger partial charge >= 0.3 is 0 Å². The van der Waals surface area contributed by atoms with Crippen LogP contribution in [-0.2, 0) is 0 Å². The van der Waals surface area contributed by atoms with E-state index in [0.29, 0.717) is 0 Å². The third-order valence-electron chi connectivity index (χ3n) is 10.4. The van der Waals surface area contributed by atoms with Gasteiger partial charge in [-0.25, -0.2) is 0 Å². The Morgan fingerprint density at radius 1 is 0.909 bits per heavy atom. The molecule has 0 amide bonds. The maximum Gasteiger partial charge on any atom is -0.0173 e. The Bertz CT molecular complexity index is 480. The molecule has 5 rings (SSSR count). The zero-order chi connectivity index (χ0) is 15.3. The molecule has 0 heterocycles. The molecular formula is C22H35. The van der Waals surface area contributed by atoms with Gasteiger partial charge < -0.3 is 0 Å². The van der Waals surface area contributed by atoms with Gasteiger partial charge in [0, 0.05) is 0 Å². The summed E-state index contributed by atoms with van der Waals surface area (Å²) >= 11 is 0. The average molecular weight is 300 g/mol. The molecule has 0 saturated heterocycles. The number of rotatable bonds is 0. The van der Waals surface area contributed by atoms with Crippen LogP contribution in [0.2, 0.25) is 0 Å². The lowest BCUT2D eigenvalue weighted by Gasteiger charge is -2.58. The topological polar surface area (TPSA) is 0 Å². The summed E-state index contributed by atoms with van der Waals surface area (Å²) in [6.07, 6.45) is 13.8. The van der Waals surface area contributed by atoms with E-state index in [0.717, 1.165) is 58.2 Å². The summed E-state index contributed by atoms with van der Waals surface area (Å²) in [5, 5.41) is 0. The highest BCUT2D eigenvalue weighted by atomic mass is 14.8. The molecule has 0 nitrogen and oxygen atoms in total. The van der Waals surface area contributed by atoms with Gasteiger partial charge in [0.15, 0.2) is 0 Å². The molecule has 0 N–H and O–H groups in total. The first kappa shape index (κ1) is 14.4. The molecule has 5 saturated carbocycles. The first-order valence-electron chi connectivity index (χ1n) is 10.4. The summed E-state index contributed by atoms with van der Waals surface area (Å²) in [4.78, 5) is 0. The van der Waals surface area contributed by atoms with Crippen LogP contribution < -0.4 is 0 Å². The minimum absolute atomic E-state index is 0.755. The standard InChI is InChI=1S/C22H35/c1-13-14(2)16(4)22-12-21(22)11-10-17-6-5-7-18(17)20(21)9-8-19(22)15(13)3/h9,13-20H,5-8,10-12H2,1-4H3. The van der Waals surface area contributed by atoms with Crippen molar-refractivity contribution in [1.82, 2.24) is 0 Å². The van der Waals surface area contributed by atoms with Crippen LogP contribution in [-0.4, -0.2) is 0 Å². The van der Waals surface area contributed by atoms with E-state index in [4.69, 9.17) is 0 Å². The molecular weight excluding hydrogens is 264 g/mol. The molecule has 0 aliphatic heterocycles.